The molecule has 0 aliphatic carbocycles. The van der Waals surface area contributed by atoms with E-state index in [4.69, 9.17) is 10.8 Å². The number of hydrogen-bond acceptors (Lipinski definition) is 2. The van der Waals surface area contributed by atoms with Gasteiger partial charge in [0, 0.05) is 6.04 Å². The van der Waals surface area contributed by atoms with Crippen molar-refractivity contribution in [1.29, 1.82) is 0 Å². The van der Waals surface area contributed by atoms with Crippen LogP contribution in [-0.4, -0.2) is 17.1 Å². The summed E-state index contributed by atoms with van der Waals surface area (Å²) >= 11 is 0. The van der Waals surface area contributed by atoms with E-state index in [1.54, 1.807) is 6.92 Å². The maximum Gasteiger partial charge on any atom is 0.307 e. The van der Waals surface area contributed by atoms with Crippen molar-refractivity contribution in [3.63, 3.8) is 0 Å². The summed E-state index contributed by atoms with van der Waals surface area (Å²) in [7, 11) is 0. The number of rotatable bonds is 6. The Kier molecular flexibility index (Phi) is 5.77. The summed E-state index contributed by atoms with van der Waals surface area (Å²) in [5.41, 5.74) is 5.97. The molecule has 3 unspecified atom stereocenters. The zero-order chi connectivity index (χ0) is 11.3. The first kappa shape index (κ1) is 13.4. The molecule has 3 N–H and O–H groups in total. The van der Waals surface area contributed by atoms with Gasteiger partial charge < -0.3 is 10.8 Å². The number of carboxylic acids is 1. The van der Waals surface area contributed by atoms with Crippen LogP contribution in [0.15, 0.2) is 0 Å². The monoisotopic (exact) mass is 201 g/mol. The van der Waals surface area contributed by atoms with E-state index in [2.05, 4.69) is 20.8 Å². The second-order valence-electron chi connectivity index (χ2n) is 4.40. The van der Waals surface area contributed by atoms with Crippen LogP contribution < -0.4 is 5.73 Å². The Morgan fingerprint density at radius 1 is 1.36 bits per heavy atom. The highest BCUT2D eigenvalue weighted by atomic mass is 16.4. The van der Waals surface area contributed by atoms with E-state index in [0.29, 0.717) is 11.8 Å². The van der Waals surface area contributed by atoms with Gasteiger partial charge in [-0.25, -0.2) is 0 Å². The van der Waals surface area contributed by atoms with Crippen LogP contribution in [0.5, 0.6) is 0 Å². The van der Waals surface area contributed by atoms with Gasteiger partial charge in [-0.3, -0.25) is 4.79 Å². The van der Waals surface area contributed by atoms with Gasteiger partial charge in [0.2, 0.25) is 0 Å². The van der Waals surface area contributed by atoms with Gasteiger partial charge in [0.1, 0.15) is 0 Å². The van der Waals surface area contributed by atoms with Crippen molar-refractivity contribution in [1.82, 2.24) is 0 Å². The average molecular weight is 201 g/mol. The standard InChI is InChI=1S/C11H23NO2/c1-5-6-9(7(2)3)10(12)8(4)11(13)14/h7-10H,5-6,12H2,1-4H3,(H,13,14). The van der Waals surface area contributed by atoms with Crippen LogP contribution in [0, 0.1) is 17.8 Å². The summed E-state index contributed by atoms with van der Waals surface area (Å²) in [6, 6.07) is -0.229. The zero-order valence-electron chi connectivity index (χ0n) is 9.66. The third-order valence-electron chi connectivity index (χ3n) is 2.94. The van der Waals surface area contributed by atoms with Gasteiger partial charge in [0.15, 0.2) is 0 Å². The molecule has 3 atom stereocenters. The van der Waals surface area contributed by atoms with E-state index in [0.717, 1.165) is 12.8 Å². The van der Waals surface area contributed by atoms with E-state index >= 15 is 0 Å². The topological polar surface area (TPSA) is 63.3 Å². The molecule has 3 heteroatoms. The fraction of sp³-hybridized carbons (Fsp3) is 0.909. The van der Waals surface area contributed by atoms with E-state index in [9.17, 15) is 4.79 Å². The Balaban J connectivity index is 4.41. The van der Waals surface area contributed by atoms with E-state index in [1.807, 2.05) is 0 Å². The second-order valence-corrected chi connectivity index (χ2v) is 4.40. The summed E-state index contributed by atoms with van der Waals surface area (Å²) in [6.45, 7) is 8.01. The molecule has 0 heterocycles. The lowest BCUT2D eigenvalue weighted by molar-refractivity contribution is -0.142. The number of nitrogens with two attached hydrogens (primary N) is 1. The van der Waals surface area contributed by atoms with Crippen LogP contribution in [0.2, 0.25) is 0 Å². The predicted octanol–water partition coefficient (Wildman–Crippen LogP) is 2.11. The molecule has 0 aromatic rings. The molecular formula is C11H23NO2. The Hall–Kier alpha value is -0.570. The van der Waals surface area contributed by atoms with Crippen LogP contribution in [-0.2, 0) is 4.79 Å². The van der Waals surface area contributed by atoms with Gasteiger partial charge >= 0.3 is 5.97 Å². The van der Waals surface area contributed by atoms with Gasteiger partial charge in [-0.1, -0.05) is 34.1 Å². The SMILES string of the molecule is CCCC(C(C)C)C(N)C(C)C(=O)O. The fourth-order valence-corrected chi connectivity index (χ4v) is 1.84. The Morgan fingerprint density at radius 3 is 2.14 bits per heavy atom. The summed E-state index contributed by atoms with van der Waals surface area (Å²) in [5, 5.41) is 8.87. The van der Waals surface area contributed by atoms with Crippen molar-refractivity contribution in [2.75, 3.05) is 0 Å². The van der Waals surface area contributed by atoms with E-state index in [-0.39, 0.29) is 6.04 Å². The molecule has 0 aromatic carbocycles. The highest BCUT2D eigenvalue weighted by Crippen LogP contribution is 2.24. The largest absolute Gasteiger partial charge is 0.481 e. The molecule has 0 radical (unpaired) electrons. The van der Waals surface area contributed by atoms with Crippen LogP contribution in [0.25, 0.3) is 0 Å². The molecule has 0 rings (SSSR count). The first-order chi connectivity index (χ1) is 6.41. The Morgan fingerprint density at radius 2 is 1.86 bits per heavy atom. The molecule has 0 saturated carbocycles. The Labute approximate surface area is 86.7 Å². The van der Waals surface area contributed by atoms with Crippen LogP contribution in [0.3, 0.4) is 0 Å². The molecule has 14 heavy (non-hydrogen) atoms. The highest BCUT2D eigenvalue weighted by Gasteiger charge is 2.29. The number of aliphatic carboxylic acids is 1. The summed E-state index contributed by atoms with van der Waals surface area (Å²) in [5.74, 6) is -0.481. The molecule has 0 aromatic heterocycles. The minimum Gasteiger partial charge on any atom is -0.481 e. The second kappa shape index (κ2) is 6.02. The summed E-state index contributed by atoms with van der Waals surface area (Å²) < 4.78 is 0. The van der Waals surface area contributed by atoms with Gasteiger partial charge in [-0.2, -0.15) is 0 Å². The molecule has 0 aliphatic rings. The highest BCUT2D eigenvalue weighted by molar-refractivity contribution is 5.70. The first-order valence-corrected chi connectivity index (χ1v) is 5.40. The predicted molar refractivity (Wildman–Crippen MR) is 58.0 cm³/mol. The molecule has 0 aliphatic heterocycles. The molecular weight excluding hydrogens is 178 g/mol. The molecule has 0 fully saturated rings. The van der Waals surface area contributed by atoms with Crippen molar-refractivity contribution in [3.8, 4) is 0 Å². The van der Waals surface area contributed by atoms with Crippen molar-refractivity contribution < 1.29 is 9.90 Å². The van der Waals surface area contributed by atoms with Crippen molar-refractivity contribution in [2.45, 2.75) is 46.6 Å². The minimum absolute atomic E-state index is 0.229. The van der Waals surface area contributed by atoms with Crippen molar-refractivity contribution in [3.05, 3.63) is 0 Å². The molecule has 3 nitrogen and oxygen atoms in total. The van der Waals surface area contributed by atoms with Crippen LogP contribution >= 0.6 is 0 Å². The molecule has 0 bridgehead atoms. The van der Waals surface area contributed by atoms with E-state index in [1.165, 1.54) is 0 Å². The fourth-order valence-electron chi connectivity index (χ4n) is 1.84. The summed E-state index contributed by atoms with van der Waals surface area (Å²) in [4.78, 5) is 10.8. The smallest absolute Gasteiger partial charge is 0.307 e. The third-order valence-corrected chi connectivity index (χ3v) is 2.94. The van der Waals surface area contributed by atoms with Gasteiger partial charge in [0.25, 0.3) is 0 Å². The first-order valence-electron chi connectivity index (χ1n) is 5.40. The van der Waals surface area contributed by atoms with Gasteiger partial charge in [0.05, 0.1) is 5.92 Å². The minimum atomic E-state index is -0.792. The summed E-state index contributed by atoms with van der Waals surface area (Å²) in [6.07, 6.45) is 2.07. The lowest BCUT2D eigenvalue weighted by Crippen LogP contribution is -2.42. The molecule has 0 amide bonds. The van der Waals surface area contributed by atoms with Gasteiger partial charge in [-0.15, -0.1) is 0 Å². The molecule has 84 valence electrons. The molecule has 0 spiro atoms. The average Bonchev–Trinajstić information content (AvgIpc) is 2.11. The van der Waals surface area contributed by atoms with Gasteiger partial charge in [-0.05, 0) is 18.3 Å². The lowest BCUT2D eigenvalue weighted by Gasteiger charge is -2.29. The number of carbonyl (C=O) groups is 1. The van der Waals surface area contributed by atoms with Crippen LogP contribution in [0.4, 0.5) is 0 Å². The van der Waals surface area contributed by atoms with Crippen LogP contribution in [0.1, 0.15) is 40.5 Å². The maximum absolute atomic E-state index is 10.8. The Bertz CT molecular complexity index is 180. The third kappa shape index (κ3) is 3.66. The van der Waals surface area contributed by atoms with Crippen molar-refractivity contribution in [2.24, 2.45) is 23.5 Å². The number of hydrogen-bond donors (Lipinski definition) is 2. The lowest BCUT2D eigenvalue weighted by atomic mass is 9.80. The number of carboxylic acid groups (broad SMARTS) is 1. The quantitative estimate of drug-likeness (QED) is 0.691. The van der Waals surface area contributed by atoms with Crippen molar-refractivity contribution >= 4 is 5.97 Å². The maximum atomic E-state index is 10.8. The molecule has 0 saturated heterocycles. The normalized spacial score (nSPS) is 17.9. The zero-order valence-corrected chi connectivity index (χ0v) is 9.66. The van der Waals surface area contributed by atoms with E-state index < -0.39 is 11.9 Å².